The molecule has 0 aliphatic carbocycles. The molecule has 0 radical (unpaired) electrons. The van der Waals surface area contributed by atoms with Gasteiger partial charge in [0, 0.05) is 5.69 Å². The number of rotatable bonds is 1. The molecule has 0 aliphatic heterocycles. The smallest absolute Gasteiger partial charge is 0.337 e. The summed E-state index contributed by atoms with van der Waals surface area (Å²) in [6.45, 7) is 0. The summed E-state index contributed by atoms with van der Waals surface area (Å²) in [4.78, 5) is 10.6. The second-order valence-corrected chi connectivity index (χ2v) is 2.44. The Morgan fingerprint density at radius 3 is 2.46 bits per heavy atom. The number of hydrogen-bond acceptors (Lipinski definition) is 4. The topological polar surface area (TPSA) is 113 Å². The number of carboxylic acid groups (broad SMARTS) is 1. The van der Waals surface area contributed by atoms with E-state index in [0.717, 1.165) is 0 Å². The van der Waals surface area contributed by atoms with Crippen molar-refractivity contribution in [1.82, 2.24) is 0 Å². The molecule has 0 bridgehead atoms. The van der Waals surface area contributed by atoms with Crippen LogP contribution in [0.4, 0.5) is 11.4 Å². The number of carbonyl (C=O) groups is 1. The van der Waals surface area contributed by atoms with Crippen LogP contribution in [-0.4, -0.2) is 11.1 Å². The molecule has 5 N–H and O–H groups in total. The van der Waals surface area contributed by atoms with Crippen molar-refractivity contribution in [3.05, 3.63) is 23.3 Å². The minimum Gasteiger partial charge on any atom is -0.478 e. The van der Waals surface area contributed by atoms with Crippen LogP contribution in [0.1, 0.15) is 15.9 Å². The molecule has 5 nitrogen and oxygen atoms in total. The van der Waals surface area contributed by atoms with Gasteiger partial charge in [0.15, 0.2) is 0 Å². The third-order valence-corrected chi connectivity index (χ3v) is 1.57. The van der Waals surface area contributed by atoms with Gasteiger partial charge in [-0.05, 0) is 12.1 Å². The van der Waals surface area contributed by atoms with E-state index in [1.54, 1.807) is 6.07 Å². The van der Waals surface area contributed by atoms with Crippen LogP contribution < -0.4 is 11.5 Å². The number of hydrogen-bond donors (Lipinski definition) is 3. The quantitative estimate of drug-likeness (QED) is 0.538. The van der Waals surface area contributed by atoms with E-state index >= 15 is 0 Å². The van der Waals surface area contributed by atoms with Crippen LogP contribution in [0.15, 0.2) is 12.1 Å². The molecule has 0 atom stereocenters. The number of nitrogen functional groups attached to an aromatic ring is 2. The number of carboxylic acids is 1. The number of nitriles is 1. The van der Waals surface area contributed by atoms with E-state index in [9.17, 15) is 4.79 Å². The molecule has 5 heteroatoms. The van der Waals surface area contributed by atoms with Crippen LogP contribution in [0, 0.1) is 11.3 Å². The van der Waals surface area contributed by atoms with Crippen LogP contribution in [-0.2, 0) is 0 Å². The Morgan fingerprint density at radius 1 is 1.38 bits per heavy atom. The first-order valence-corrected chi connectivity index (χ1v) is 3.38. The summed E-state index contributed by atoms with van der Waals surface area (Å²) < 4.78 is 0. The van der Waals surface area contributed by atoms with Gasteiger partial charge in [0.2, 0.25) is 0 Å². The molecule has 66 valence electrons. The van der Waals surface area contributed by atoms with E-state index < -0.39 is 5.97 Å². The highest BCUT2D eigenvalue weighted by atomic mass is 16.4. The number of benzene rings is 1. The Kier molecular flexibility index (Phi) is 2.07. The Bertz CT molecular complexity index is 407. The van der Waals surface area contributed by atoms with Gasteiger partial charge >= 0.3 is 5.97 Å². The lowest BCUT2D eigenvalue weighted by molar-refractivity contribution is 0.0698. The zero-order chi connectivity index (χ0) is 10.0. The molecule has 0 aromatic heterocycles. The molecule has 0 unspecified atom stereocenters. The van der Waals surface area contributed by atoms with Gasteiger partial charge in [-0.1, -0.05) is 0 Å². The molecule has 0 saturated heterocycles. The zero-order valence-electron chi connectivity index (χ0n) is 6.61. The Morgan fingerprint density at radius 2 is 2.00 bits per heavy atom. The van der Waals surface area contributed by atoms with Crippen LogP contribution in [0.2, 0.25) is 0 Å². The van der Waals surface area contributed by atoms with Gasteiger partial charge < -0.3 is 16.6 Å². The molecule has 0 amide bonds. The molecule has 0 fully saturated rings. The number of aromatic carboxylic acids is 1. The molecule has 0 heterocycles. The third-order valence-electron chi connectivity index (χ3n) is 1.57. The van der Waals surface area contributed by atoms with Gasteiger partial charge in [-0.3, -0.25) is 0 Å². The summed E-state index contributed by atoms with van der Waals surface area (Å²) in [6, 6.07) is 4.23. The lowest BCUT2D eigenvalue weighted by Crippen LogP contribution is -2.04. The average Bonchev–Trinajstić information content (AvgIpc) is 2.07. The zero-order valence-corrected chi connectivity index (χ0v) is 6.61. The van der Waals surface area contributed by atoms with Crippen LogP contribution in [0.25, 0.3) is 0 Å². The molecule has 1 rings (SSSR count). The van der Waals surface area contributed by atoms with Crippen molar-refractivity contribution in [3.63, 3.8) is 0 Å². The van der Waals surface area contributed by atoms with Gasteiger partial charge in [0.25, 0.3) is 0 Å². The van der Waals surface area contributed by atoms with E-state index in [1.165, 1.54) is 12.1 Å². The second-order valence-electron chi connectivity index (χ2n) is 2.44. The van der Waals surface area contributed by atoms with Crippen LogP contribution >= 0.6 is 0 Å². The Labute approximate surface area is 74.2 Å². The summed E-state index contributed by atoms with van der Waals surface area (Å²) in [5.74, 6) is -1.16. The van der Waals surface area contributed by atoms with Crippen molar-refractivity contribution >= 4 is 17.3 Å². The summed E-state index contributed by atoms with van der Waals surface area (Å²) in [5.41, 5.74) is 11.0. The number of nitrogens with zero attached hydrogens (tertiary/aromatic N) is 1. The van der Waals surface area contributed by atoms with Crippen molar-refractivity contribution in [3.8, 4) is 6.07 Å². The van der Waals surface area contributed by atoms with Gasteiger partial charge in [0.05, 0.1) is 16.8 Å². The van der Waals surface area contributed by atoms with Crippen molar-refractivity contribution < 1.29 is 9.90 Å². The van der Waals surface area contributed by atoms with Gasteiger partial charge in [0.1, 0.15) is 6.07 Å². The highest BCUT2D eigenvalue weighted by molar-refractivity contribution is 5.95. The minimum atomic E-state index is -1.16. The molecule has 1 aromatic carbocycles. The highest BCUT2D eigenvalue weighted by Gasteiger charge is 2.10. The maximum atomic E-state index is 10.6. The maximum Gasteiger partial charge on any atom is 0.337 e. The molecule has 13 heavy (non-hydrogen) atoms. The summed E-state index contributed by atoms with van der Waals surface area (Å²) in [5, 5.41) is 17.2. The molecule has 0 aliphatic rings. The van der Waals surface area contributed by atoms with Crippen molar-refractivity contribution in [2.75, 3.05) is 11.5 Å². The summed E-state index contributed by atoms with van der Waals surface area (Å²) in [7, 11) is 0. The van der Waals surface area contributed by atoms with E-state index in [1.807, 2.05) is 0 Å². The highest BCUT2D eigenvalue weighted by Crippen LogP contribution is 2.20. The average molecular weight is 177 g/mol. The van der Waals surface area contributed by atoms with Crippen molar-refractivity contribution in [2.24, 2.45) is 0 Å². The van der Waals surface area contributed by atoms with Crippen LogP contribution in [0.3, 0.4) is 0 Å². The van der Waals surface area contributed by atoms with Gasteiger partial charge in [-0.25, -0.2) is 4.79 Å². The summed E-state index contributed by atoms with van der Waals surface area (Å²) in [6.07, 6.45) is 0. The minimum absolute atomic E-state index is 0.0400. The van der Waals surface area contributed by atoms with Gasteiger partial charge in [-0.15, -0.1) is 0 Å². The lowest BCUT2D eigenvalue weighted by atomic mass is 10.1. The van der Waals surface area contributed by atoms with E-state index in [4.69, 9.17) is 21.8 Å². The molecule has 0 spiro atoms. The normalized spacial score (nSPS) is 9.15. The summed E-state index contributed by atoms with van der Waals surface area (Å²) >= 11 is 0. The third kappa shape index (κ3) is 1.51. The predicted molar refractivity (Wildman–Crippen MR) is 46.9 cm³/mol. The van der Waals surface area contributed by atoms with E-state index in [0.29, 0.717) is 0 Å². The number of nitrogens with two attached hydrogens (primary N) is 2. The largest absolute Gasteiger partial charge is 0.478 e. The standard InChI is InChI=1S/C8H7N3O2/c9-3-4-1-7(11)5(8(12)13)2-6(4)10/h1-2H,10-11H2,(H,12,13). The van der Waals surface area contributed by atoms with Crippen LogP contribution in [0.5, 0.6) is 0 Å². The fraction of sp³-hybridized carbons (Fsp3) is 0. The van der Waals surface area contributed by atoms with Crippen molar-refractivity contribution in [1.29, 1.82) is 5.26 Å². The van der Waals surface area contributed by atoms with E-state index in [2.05, 4.69) is 0 Å². The molecule has 0 saturated carbocycles. The molecular formula is C8H7N3O2. The molecule has 1 aromatic rings. The van der Waals surface area contributed by atoms with Gasteiger partial charge in [-0.2, -0.15) is 5.26 Å². The first kappa shape index (κ1) is 8.87. The fourth-order valence-electron chi connectivity index (χ4n) is 0.915. The maximum absolute atomic E-state index is 10.6. The SMILES string of the molecule is N#Cc1cc(N)c(C(=O)O)cc1N. The fourth-order valence-corrected chi connectivity index (χ4v) is 0.915. The first-order chi connectivity index (χ1) is 6.06. The van der Waals surface area contributed by atoms with E-state index in [-0.39, 0.29) is 22.5 Å². The van der Waals surface area contributed by atoms with Crippen molar-refractivity contribution in [2.45, 2.75) is 0 Å². The predicted octanol–water partition coefficient (Wildman–Crippen LogP) is 0.421. The second kappa shape index (κ2) is 3.03. The Balaban J connectivity index is 3.39. The first-order valence-electron chi connectivity index (χ1n) is 3.38. The number of anilines is 2. The Hall–Kier alpha value is -2.22. The molecular weight excluding hydrogens is 170 g/mol. The monoisotopic (exact) mass is 177 g/mol. The lowest BCUT2D eigenvalue weighted by Gasteiger charge is -2.03.